The second kappa shape index (κ2) is 4.01. The summed E-state index contributed by atoms with van der Waals surface area (Å²) in [6.07, 6.45) is 1.09. The Labute approximate surface area is 86.3 Å². The van der Waals surface area contributed by atoms with Gasteiger partial charge in [-0.3, -0.25) is 4.84 Å². The minimum atomic E-state index is -3.79. The van der Waals surface area contributed by atoms with E-state index in [2.05, 4.69) is 9.82 Å². The predicted octanol–water partition coefficient (Wildman–Crippen LogP) is -0.105. The number of hydrogen-bond acceptors (Lipinski definition) is 4. The summed E-state index contributed by atoms with van der Waals surface area (Å²) in [6.45, 7) is 0. The van der Waals surface area contributed by atoms with Crippen LogP contribution in [0.4, 0.5) is 0 Å². The molecule has 0 amide bonds. The summed E-state index contributed by atoms with van der Waals surface area (Å²) in [4.78, 5) is 17.2. The Hall–Kier alpha value is -1.38. The second-order valence-electron chi connectivity index (χ2n) is 2.65. The Bertz CT molecular complexity index is 463. The number of hydrogen-bond donors (Lipinski definition) is 2. The fourth-order valence-corrected chi connectivity index (χ4v) is 1.86. The van der Waals surface area contributed by atoms with Crippen molar-refractivity contribution in [2.75, 3.05) is 14.2 Å². The van der Waals surface area contributed by atoms with E-state index in [-0.39, 0.29) is 10.6 Å². The number of aromatic carboxylic acids is 1. The Morgan fingerprint density at radius 1 is 1.60 bits per heavy atom. The van der Waals surface area contributed by atoms with Crippen LogP contribution in [0, 0.1) is 0 Å². The molecule has 0 aromatic carbocycles. The van der Waals surface area contributed by atoms with Crippen molar-refractivity contribution < 1.29 is 23.2 Å². The molecule has 0 unspecified atom stereocenters. The van der Waals surface area contributed by atoms with E-state index in [9.17, 15) is 13.2 Å². The molecule has 8 heteroatoms. The summed E-state index contributed by atoms with van der Waals surface area (Å²) < 4.78 is 23.8. The largest absolute Gasteiger partial charge is 0.477 e. The van der Waals surface area contributed by atoms with Crippen molar-refractivity contribution in [3.63, 3.8) is 0 Å². The number of carboxylic acid groups (broad SMARTS) is 1. The molecule has 0 aliphatic heterocycles. The lowest BCUT2D eigenvalue weighted by Crippen LogP contribution is -2.25. The number of hydroxylamine groups is 1. The zero-order valence-corrected chi connectivity index (χ0v) is 8.91. The lowest BCUT2D eigenvalue weighted by atomic mass is 10.4. The van der Waals surface area contributed by atoms with Gasteiger partial charge in [0.25, 0.3) is 10.0 Å². The maximum Gasteiger partial charge on any atom is 0.352 e. The first-order chi connectivity index (χ1) is 6.89. The smallest absolute Gasteiger partial charge is 0.352 e. The van der Waals surface area contributed by atoms with Gasteiger partial charge in [-0.05, 0) is 6.07 Å². The van der Waals surface area contributed by atoms with Crippen molar-refractivity contribution in [3.05, 3.63) is 18.0 Å². The third kappa shape index (κ3) is 2.17. The van der Waals surface area contributed by atoms with Gasteiger partial charge in [0.15, 0.2) is 0 Å². The molecule has 84 valence electrons. The molecular weight excluding hydrogens is 224 g/mol. The van der Waals surface area contributed by atoms with Gasteiger partial charge in [0.2, 0.25) is 0 Å². The van der Waals surface area contributed by atoms with Crippen molar-refractivity contribution in [2.24, 2.45) is 0 Å². The highest BCUT2D eigenvalue weighted by Gasteiger charge is 2.23. The number of nitrogens with one attached hydrogen (secondary N) is 1. The van der Waals surface area contributed by atoms with Gasteiger partial charge in [0.05, 0.1) is 7.11 Å². The molecule has 1 aromatic heterocycles. The number of H-pyrrole nitrogens is 1. The van der Waals surface area contributed by atoms with Crippen molar-refractivity contribution >= 4 is 16.0 Å². The molecule has 0 saturated carbocycles. The normalized spacial score (nSPS) is 11.9. The molecule has 7 nitrogen and oxygen atoms in total. The molecule has 0 fully saturated rings. The molecule has 0 radical (unpaired) electrons. The van der Waals surface area contributed by atoms with Gasteiger partial charge < -0.3 is 10.1 Å². The Balaban J connectivity index is 3.12. The summed E-state index contributed by atoms with van der Waals surface area (Å²) in [6, 6.07) is 1.02. The van der Waals surface area contributed by atoms with Crippen LogP contribution in [-0.2, 0) is 14.9 Å². The molecular formula is C7H10N2O5S. The highest BCUT2D eigenvalue weighted by atomic mass is 32.2. The van der Waals surface area contributed by atoms with Gasteiger partial charge in [-0.15, -0.1) is 0 Å². The standard InChI is InChI=1S/C7H10N2O5S/c1-9(14-2)15(12,13)5-3-6(7(10)11)8-4-5/h3-4,8H,1-2H3,(H,10,11). The fraction of sp³-hybridized carbons (Fsp3) is 0.286. The molecule has 0 aliphatic rings. The summed E-state index contributed by atoms with van der Waals surface area (Å²) in [7, 11) is -1.38. The first-order valence-corrected chi connectivity index (χ1v) is 5.28. The van der Waals surface area contributed by atoms with Crippen LogP contribution in [0.2, 0.25) is 0 Å². The van der Waals surface area contributed by atoms with Crippen molar-refractivity contribution in [3.8, 4) is 0 Å². The van der Waals surface area contributed by atoms with Crippen molar-refractivity contribution in [1.29, 1.82) is 0 Å². The summed E-state index contributed by atoms with van der Waals surface area (Å²) in [5, 5.41) is 8.59. The predicted molar refractivity (Wildman–Crippen MR) is 49.7 cm³/mol. The Morgan fingerprint density at radius 3 is 2.60 bits per heavy atom. The highest BCUT2D eigenvalue weighted by molar-refractivity contribution is 7.89. The molecule has 1 aromatic rings. The van der Waals surface area contributed by atoms with E-state index in [1.807, 2.05) is 0 Å². The molecule has 2 N–H and O–H groups in total. The quantitative estimate of drug-likeness (QED) is 0.708. The van der Waals surface area contributed by atoms with E-state index in [0.717, 1.165) is 12.3 Å². The van der Waals surface area contributed by atoms with Crippen LogP contribution in [0.3, 0.4) is 0 Å². The average Bonchev–Trinajstić information content (AvgIpc) is 2.65. The molecule has 1 rings (SSSR count). The third-order valence-electron chi connectivity index (χ3n) is 1.78. The van der Waals surface area contributed by atoms with Crippen LogP contribution in [-0.4, -0.2) is 43.1 Å². The lowest BCUT2D eigenvalue weighted by Gasteiger charge is -2.11. The Kier molecular flexibility index (Phi) is 3.12. The van der Waals surface area contributed by atoms with Crippen molar-refractivity contribution in [2.45, 2.75) is 4.90 Å². The number of nitrogens with zero attached hydrogens (tertiary/aromatic N) is 1. The summed E-state index contributed by atoms with van der Waals surface area (Å²) in [5.74, 6) is -1.23. The van der Waals surface area contributed by atoms with E-state index < -0.39 is 16.0 Å². The number of sulfonamides is 1. The van der Waals surface area contributed by atoms with E-state index in [4.69, 9.17) is 5.11 Å². The first-order valence-electron chi connectivity index (χ1n) is 3.84. The van der Waals surface area contributed by atoms with Gasteiger partial charge in [0.1, 0.15) is 10.6 Å². The second-order valence-corrected chi connectivity index (χ2v) is 4.59. The number of carboxylic acids is 1. The summed E-state index contributed by atoms with van der Waals surface area (Å²) in [5.41, 5.74) is -0.196. The monoisotopic (exact) mass is 234 g/mol. The molecule has 0 aliphatic carbocycles. The van der Waals surface area contributed by atoms with Crippen LogP contribution < -0.4 is 0 Å². The van der Waals surface area contributed by atoms with Gasteiger partial charge in [0, 0.05) is 13.2 Å². The van der Waals surface area contributed by atoms with Crippen LogP contribution in [0.1, 0.15) is 10.5 Å². The highest BCUT2D eigenvalue weighted by Crippen LogP contribution is 2.15. The molecule has 0 atom stereocenters. The molecule has 1 heterocycles. The SMILES string of the molecule is CON(C)S(=O)(=O)c1c[nH]c(C(=O)O)c1. The van der Waals surface area contributed by atoms with Crippen LogP contribution in [0.5, 0.6) is 0 Å². The van der Waals surface area contributed by atoms with E-state index >= 15 is 0 Å². The molecule has 15 heavy (non-hydrogen) atoms. The minimum absolute atomic E-state index is 0.163. The van der Waals surface area contributed by atoms with E-state index in [1.54, 1.807) is 0 Å². The molecule has 0 spiro atoms. The number of carbonyl (C=O) groups is 1. The van der Waals surface area contributed by atoms with Gasteiger partial charge in [-0.2, -0.15) is 0 Å². The zero-order chi connectivity index (χ0) is 11.6. The van der Waals surface area contributed by atoms with Crippen LogP contribution in [0.15, 0.2) is 17.2 Å². The van der Waals surface area contributed by atoms with Crippen molar-refractivity contribution in [1.82, 2.24) is 9.45 Å². The first kappa shape index (κ1) is 11.7. The summed E-state index contributed by atoms with van der Waals surface area (Å²) >= 11 is 0. The molecule has 0 bridgehead atoms. The minimum Gasteiger partial charge on any atom is -0.477 e. The average molecular weight is 234 g/mol. The maximum absolute atomic E-state index is 11.6. The Morgan fingerprint density at radius 2 is 2.20 bits per heavy atom. The van der Waals surface area contributed by atoms with Crippen LogP contribution in [0.25, 0.3) is 0 Å². The number of aromatic amines is 1. The maximum atomic E-state index is 11.6. The number of aromatic nitrogens is 1. The van der Waals surface area contributed by atoms with Crippen LogP contribution >= 0.6 is 0 Å². The fourth-order valence-electron chi connectivity index (χ4n) is 0.893. The third-order valence-corrected chi connectivity index (χ3v) is 3.44. The van der Waals surface area contributed by atoms with Gasteiger partial charge >= 0.3 is 5.97 Å². The lowest BCUT2D eigenvalue weighted by molar-refractivity contribution is -0.0258. The van der Waals surface area contributed by atoms with E-state index in [0.29, 0.717) is 4.47 Å². The van der Waals surface area contributed by atoms with Gasteiger partial charge in [-0.1, -0.05) is 4.47 Å². The zero-order valence-electron chi connectivity index (χ0n) is 8.09. The topological polar surface area (TPSA) is 99.7 Å². The molecule has 0 saturated heterocycles. The number of rotatable bonds is 4. The van der Waals surface area contributed by atoms with Gasteiger partial charge in [-0.25, -0.2) is 13.2 Å². The van der Waals surface area contributed by atoms with E-state index in [1.165, 1.54) is 14.2 Å².